The van der Waals surface area contributed by atoms with Crippen LogP contribution in [-0.2, 0) is 0 Å². The van der Waals surface area contributed by atoms with Crippen LogP contribution < -0.4 is 0 Å². The average Bonchev–Trinajstić information content (AvgIpc) is 2.95. The van der Waals surface area contributed by atoms with Gasteiger partial charge in [0.2, 0.25) is 0 Å². The fraction of sp³-hybridized carbons (Fsp3) is 0.667. The van der Waals surface area contributed by atoms with Crippen molar-refractivity contribution in [3.63, 3.8) is 0 Å². The number of rotatable bonds is 4. The highest BCUT2D eigenvalue weighted by Crippen LogP contribution is 2.46. The number of fused-ring (bicyclic) bond motifs is 2. The molecule has 5 rings (SSSR count). The molecule has 3 atom stereocenters. The summed E-state index contributed by atoms with van der Waals surface area (Å²) in [4.78, 5) is 4.88. The van der Waals surface area contributed by atoms with Crippen LogP contribution in [0.4, 0.5) is 13.2 Å². The van der Waals surface area contributed by atoms with Gasteiger partial charge in [-0.15, -0.1) is 0 Å². The highest BCUT2D eigenvalue weighted by molar-refractivity contribution is 5.28. The summed E-state index contributed by atoms with van der Waals surface area (Å²) in [5.41, 5.74) is 0.757. The Bertz CT molecular complexity index is 551. The number of alkyl halides is 1. The molecule has 0 unspecified atom stereocenters. The molecule has 5 heteroatoms. The predicted octanol–water partition coefficient (Wildman–Crippen LogP) is 3.19. The summed E-state index contributed by atoms with van der Waals surface area (Å²) in [6.07, 6.45) is 2.93. The molecule has 1 aromatic carbocycles. The molecular formula is C18H23F3N2. The first kappa shape index (κ1) is 15.5. The minimum absolute atomic E-state index is 0.118. The SMILES string of the molecule is FCCCN1C[C@@H](c2cc(F)cc(F)c2)[C@@H]2[C@H]1C1CCN2CC1. The largest absolute Gasteiger partial charge is 0.298 e. The Balaban J connectivity index is 1.66. The van der Waals surface area contributed by atoms with E-state index < -0.39 is 11.6 Å². The van der Waals surface area contributed by atoms with Crippen LogP contribution in [0, 0.1) is 17.6 Å². The molecule has 4 aliphatic heterocycles. The first-order valence-corrected chi connectivity index (χ1v) is 8.67. The van der Waals surface area contributed by atoms with Gasteiger partial charge < -0.3 is 0 Å². The van der Waals surface area contributed by atoms with Gasteiger partial charge in [-0.05, 0) is 56.0 Å². The van der Waals surface area contributed by atoms with Crippen LogP contribution in [0.25, 0.3) is 0 Å². The normalized spacial score (nSPS) is 36.4. The van der Waals surface area contributed by atoms with Gasteiger partial charge in [0.05, 0.1) is 6.67 Å². The molecule has 2 bridgehead atoms. The van der Waals surface area contributed by atoms with Crippen molar-refractivity contribution in [3.05, 3.63) is 35.4 Å². The zero-order chi connectivity index (χ0) is 16.0. The van der Waals surface area contributed by atoms with E-state index in [2.05, 4.69) is 9.80 Å². The van der Waals surface area contributed by atoms with Crippen molar-refractivity contribution >= 4 is 0 Å². The van der Waals surface area contributed by atoms with Gasteiger partial charge in [0.1, 0.15) is 11.6 Å². The second-order valence-electron chi connectivity index (χ2n) is 7.20. The Labute approximate surface area is 135 Å². The summed E-state index contributed by atoms with van der Waals surface area (Å²) in [7, 11) is 0. The Hall–Kier alpha value is -1.07. The third kappa shape index (κ3) is 2.68. The molecule has 4 aliphatic rings. The Morgan fingerprint density at radius 1 is 1.00 bits per heavy atom. The molecule has 0 amide bonds. The van der Waals surface area contributed by atoms with Crippen molar-refractivity contribution in [1.29, 1.82) is 0 Å². The van der Waals surface area contributed by atoms with Crippen LogP contribution in [0.3, 0.4) is 0 Å². The number of halogens is 3. The van der Waals surface area contributed by atoms with E-state index in [-0.39, 0.29) is 12.6 Å². The first-order valence-electron chi connectivity index (χ1n) is 8.67. The lowest BCUT2D eigenvalue weighted by Gasteiger charge is -2.51. The fourth-order valence-corrected chi connectivity index (χ4v) is 5.14. The molecule has 1 aromatic rings. The van der Waals surface area contributed by atoms with Crippen molar-refractivity contribution in [2.45, 2.75) is 37.3 Å². The van der Waals surface area contributed by atoms with Gasteiger partial charge in [0.15, 0.2) is 0 Å². The van der Waals surface area contributed by atoms with Gasteiger partial charge in [0, 0.05) is 37.2 Å². The maximum absolute atomic E-state index is 13.7. The summed E-state index contributed by atoms with van der Waals surface area (Å²) in [5.74, 6) is -0.245. The molecule has 0 N–H and O–H groups in total. The summed E-state index contributed by atoms with van der Waals surface area (Å²) >= 11 is 0. The zero-order valence-electron chi connectivity index (χ0n) is 13.2. The van der Waals surface area contributed by atoms with Gasteiger partial charge in [-0.25, -0.2) is 8.78 Å². The van der Waals surface area contributed by atoms with Gasteiger partial charge in [-0.1, -0.05) is 0 Å². The van der Waals surface area contributed by atoms with Crippen LogP contribution >= 0.6 is 0 Å². The number of hydrogen-bond acceptors (Lipinski definition) is 2. The Morgan fingerprint density at radius 2 is 1.70 bits per heavy atom. The molecule has 23 heavy (non-hydrogen) atoms. The molecule has 0 aromatic heterocycles. The van der Waals surface area contributed by atoms with Crippen molar-refractivity contribution < 1.29 is 13.2 Å². The minimum Gasteiger partial charge on any atom is -0.298 e. The zero-order valence-corrected chi connectivity index (χ0v) is 13.2. The van der Waals surface area contributed by atoms with Crippen LogP contribution in [0.1, 0.15) is 30.7 Å². The summed E-state index contributed by atoms with van der Waals surface area (Å²) in [6, 6.07) is 4.63. The van der Waals surface area contributed by atoms with E-state index in [1.165, 1.54) is 25.0 Å². The summed E-state index contributed by atoms with van der Waals surface area (Å²) < 4.78 is 40.0. The first-order chi connectivity index (χ1) is 11.2. The number of nitrogens with zero attached hydrogens (tertiary/aromatic N) is 2. The van der Waals surface area contributed by atoms with Gasteiger partial charge in [-0.3, -0.25) is 14.2 Å². The second kappa shape index (κ2) is 6.10. The van der Waals surface area contributed by atoms with E-state index in [0.717, 1.165) is 37.8 Å². The summed E-state index contributed by atoms with van der Waals surface area (Å²) in [5, 5.41) is 0. The molecule has 0 saturated carbocycles. The van der Waals surface area contributed by atoms with E-state index in [4.69, 9.17) is 0 Å². The number of benzene rings is 1. The van der Waals surface area contributed by atoms with Crippen molar-refractivity contribution in [2.75, 3.05) is 32.9 Å². The molecule has 0 spiro atoms. The summed E-state index contributed by atoms with van der Waals surface area (Å²) in [6.45, 7) is 3.39. The average molecular weight is 324 g/mol. The minimum atomic E-state index is -0.505. The van der Waals surface area contributed by atoms with Crippen LogP contribution in [0.5, 0.6) is 0 Å². The Morgan fingerprint density at radius 3 is 2.35 bits per heavy atom. The third-order valence-electron chi connectivity index (χ3n) is 5.99. The molecule has 4 fully saturated rings. The lowest BCUT2D eigenvalue weighted by molar-refractivity contribution is -0.00705. The molecule has 0 radical (unpaired) electrons. The third-order valence-corrected chi connectivity index (χ3v) is 5.99. The Kier molecular flexibility index (Phi) is 4.10. The van der Waals surface area contributed by atoms with Crippen LogP contribution in [-0.4, -0.2) is 54.7 Å². The smallest absolute Gasteiger partial charge is 0.126 e. The maximum Gasteiger partial charge on any atom is 0.126 e. The predicted molar refractivity (Wildman–Crippen MR) is 83.1 cm³/mol. The topological polar surface area (TPSA) is 6.48 Å². The number of piperidine rings is 3. The quantitative estimate of drug-likeness (QED) is 0.839. The maximum atomic E-state index is 13.7. The number of hydrogen-bond donors (Lipinski definition) is 0. The molecule has 0 aliphatic carbocycles. The highest BCUT2D eigenvalue weighted by atomic mass is 19.1. The second-order valence-corrected chi connectivity index (χ2v) is 7.20. The van der Waals surface area contributed by atoms with Crippen molar-refractivity contribution in [1.82, 2.24) is 9.80 Å². The van der Waals surface area contributed by atoms with Gasteiger partial charge in [0.25, 0.3) is 0 Å². The highest BCUT2D eigenvalue weighted by Gasteiger charge is 2.53. The van der Waals surface area contributed by atoms with Crippen LogP contribution in [0.15, 0.2) is 18.2 Å². The van der Waals surface area contributed by atoms with Crippen LogP contribution in [0.2, 0.25) is 0 Å². The van der Waals surface area contributed by atoms with Gasteiger partial charge >= 0.3 is 0 Å². The molecule has 4 saturated heterocycles. The number of likely N-dealkylation sites (tertiary alicyclic amines) is 1. The molecule has 2 nitrogen and oxygen atoms in total. The van der Waals surface area contributed by atoms with Gasteiger partial charge in [-0.2, -0.15) is 0 Å². The standard InChI is InChI=1S/C18H23F3N2/c19-4-1-5-23-11-16(13-8-14(20)10-15(21)9-13)18-17(23)12-2-6-22(18)7-3-12/h8-10,12,16-18H,1-7,11H2/t16-,17+,18+/m0/s1. The lowest BCUT2D eigenvalue weighted by atomic mass is 9.75. The molecule has 126 valence electrons. The lowest BCUT2D eigenvalue weighted by Crippen LogP contribution is -2.60. The van der Waals surface area contributed by atoms with Crippen molar-refractivity contribution in [2.24, 2.45) is 5.92 Å². The molecular weight excluding hydrogens is 301 g/mol. The monoisotopic (exact) mass is 324 g/mol. The van der Waals surface area contributed by atoms with E-state index in [1.54, 1.807) is 0 Å². The van der Waals surface area contributed by atoms with E-state index >= 15 is 0 Å². The van der Waals surface area contributed by atoms with E-state index in [0.29, 0.717) is 24.4 Å². The van der Waals surface area contributed by atoms with E-state index in [1.807, 2.05) is 0 Å². The van der Waals surface area contributed by atoms with Crippen molar-refractivity contribution in [3.8, 4) is 0 Å². The molecule has 4 heterocycles. The van der Waals surface area contributed by atoms with E-state index in [9.17, 15) is 13.2 Å². The fourth-order valence-electron chi connectivity index (χ4n) is 5.14.